The van der Waals surface area contributed by atoms with Gasteiger partial charge in [-0.05, 0) is 87.9 Å². The fourth-order valence-electron chi connectivity index (χ4n) is 8.71. The second kappa shape index (κ2) is 8.25. The highest BCUT2D eigenvalue weighted by atomic mass is 16.6. The van der Waals surface area contributed by atoms with Crippen LogP contribution in [0.3, 0.4) is 0 Å². The lowest BCUT2D eigenvalue weighted by atomic mass is 9.50. The van der Waals surface area contributed by atoms with Crippen LogP contribution in [0.5, 0.6) is 0 Å². The minimum atomic E-state index is -0.630. The molecular formula is C28H41NO5. The van der Waals surface area contributed by atoms with Gasteiger partial charge in [-0.25, -0.2) is 0 Å². The van der Waals surface area contributed by atoms with Crippen molar-refractivity contribution in [3.8, 4) is 0 Å². The van der Waals surface area contributed by atoms with Crippen LogP contribution in [0.15, 0.2) is 4.99 Å². The summed E-state index contributed by atoms with van der Waals surface area (Å²) in [7, 11) is 0. The van der Waals surface area contributed by atoms with Crippen molar-refractivity contribution in [2.75, 3.05) is 0 Å². The summed E-state index contributed by atoms with van der Waals surface area (Å²) >= 11 is 0. The number of rotatable bonds is 6. The Kier molecular flexibility index (Phi) is 5.86. The van der Waals surface area contributed by atoms with E-state index in [1.165, 1.54) is 6.42 Å². The first-order valence-electron chi connectivity index (χ1n) is 13.5. The van der Waals surface area contributed by atoms with Crippen LogP contribution in [0, 0.1) is 46.8 Å². The van der Waals surface area contributed by atoms with Gasteiger partial charge in [-0.2, -0.15) is 0 Å². The molecule has 1 saturated heterocycles. The minimum absolute atomic E-state index is 0.0232. The molecule has 2 heterocycles. The van der Waals surface area contributed by atoms with Crippen molar-refractivity contribution in [3.63, 3.8) is 0 Å². The second-order valence-electron chi connectivity index (χ2n) is 12.4. The number of fused-ring (bicyclic) bond motifs is 4. The van der Waals surface area contributed by atoms with Crippen molar-refractivity contribution >= 4 is 23.2 Å². The lowest BCUT2D eigenvalue weighted by Gasteiger charge is -2.53. The topological polar surface area (TPSA) is 85.3 Å². The number of carbonyl (C=O) groups excluding carboxylic acids is 3. The number of aliphatic imine (C=N–C) groups is 1. The predicted octanol–water partition coefficient (Wildman–Crippen LogP) is 4.78. The van der Waals surface area contributed by atoms with Crippen molar-refractivity contribution in [1.82, 2.24) is 0 Å². The molecule has 5 rings (SSSR count). The lowest BCUT2D eigenvalue weighted by Crippen LogP contribution is -2.53. The maximum Gasteiger partial charge on any atom is 0.316 e. The number of nitrogens with zero attached hydrogens (tertiary/aromatic N) is 1. The molecule has 2 aliphatic heterocycles. The number of ketones is 2. The van der Waals surface area contributed by atoms with E-state index in [0.29, 0.717) is 36.5 Å². The zero-order valence-electron chi connectivity index (χ0n) is 21.6. The van der Waals surface area contributed by atoms with E-state index in [9.17, 15) is 14.4 Å². The van der Waals surface area contributed by atoms with E-state index in [-0.39, 0.29) is 53.0 Å². The zero-order valence-corrected chi connectivity index (χ0v) is 21.6. The number of esters is 1. The molecule has 3 aliphatic carbocycles. The molecule has 11 atom stereocenters. The van der Waals surface area contributed by atoms with Crippen molar-refractivity contribution in [2.24, 2.45) is 51.8 Å². The Bertz CT molecular complexity index is 928. The van der Waals surface area contributed by atoms with Gasteiger partial charge in [-0.15, -0.1) is 0 Å². The third-order valence-electron chi connectivity index (χ3n) is 10.9. The first kappa shape index (κ1) is 24.1. The van der Waals surface area contributed by atoms with Crippen LogP contribution < -0.4 is 0 Å². The van der Waals surface area contributed by atoms with E-state index < -0.39 is 5.60 Å². The van der Waals surface area contributed by atoms with Crippen LogP contribution in [0.2, 0.25) is 0 Å². The Morgan fingerprint density at radius 3 is 2.56 bits per heavy atom. The van der Waals surface area contributed by atoms with E-state index in [1.807, 2.05) is 13.8 Å². The van der Waals surface area contributed by atoms with Gasteiger partial charge < -0.3 is 14.3 Å². The average Bonchev–Trinajstić information content (AvgIpc) is 3.42. The number of carbonyl (C=O) groups is 3. The summed E-state index contributed by atoms with van der Waals surface area (Å²) in [4.78, 5) is 41.7. The van der Waals surface area contributed by atoms with Crippen molar-refractivity contribution in [2.45, 2.75) is 104 Å². The highest BCUT2D eigenvalue weighted by Crippen LogP contribution is 2.68. The number of ether oxygens (including phenoxy) is 2. The highest BCUT2D eigenvalue weighted by molar-refractivity contribution is 6.01. The normalized spacial score (nSPS) is 48.1. The summed E-state index contributed by atoms with van der Waals surface area (Å²) in [6.45, 7) is 12.3. The maximum absolute atomic E-state index is 13.1. The van der Waals surface area contributed by atoms with Gasteiger partial charge in [0.2, 0.25) is 0 Å². The summed E-state index contributed by atoms with van der Waals surface area (Å²) in [5, 5.41) is 0. The summed E-state index contributed by atoms with van der Waals surface area (Å²) in [5.74, 6) is 2.39. The van der Waals surface area contributed by atoms with Gasteiger partial charge in [0.05, 0.1) is 12.0 Å². The lowest BCUT2D eigenvalue weighted by molar-refractivity contribution is -0.158. The Morgan fingerprint density at radius 2 is 1.88 bits per heavy atom. The van der Waals surface area contributed by atoms with Crippen LogP contribution >= 0.6 is 0 Å². The van der Waals surface area contributed by atoms with Crippen LogP contribution in [-0.4, -0.2) is 41.2 Å². The molecule has 34 heavy (non-hydrogen) atoms. The monoisotopic (exact) mass is 471 g/mol. The van der Waals surface area contributed by atoms with E-state index in [4.69, 9.17) is 14.5 Å². The molecule has 0 N–H and O–H groups in total. The molecule has 5 aliphatic rings. The minimum Gasteiger partial charge on any atom is -0.439 e. The Morgan fingerprint density at radius 1 is 1.15 bits per heavy atom. The molecule has 3 saturated carbocycles. The fourth-order valence-corrected chi connectivity index (χ4v) is 8.71. The molecule has 6 nitrogen and oxygen atoms in total. The smallest absolute Gasteiger partial charge is 0.316 e. The van der Waals surface area contributed by atoms with Crippen molar-refractivity contribution < 1.29 is 23.9 Å². The molecule has 0 amide bonds. The number of cyclic esters (lactones) is 1. The first-order valence-corrected chi connectivity index (χ1v) is 13.5. The molecule has 0 aromatic heterocycles. The van der Waals surface area contributed by atoms with Gasteiger partial charge in [0, 0.05) is 24.5 Å². The highest BCUT2D eigenvalue weighted by Gasteiger charge is 2.72. The zero-order chi connectivity index (χ0) is 24.6. The average molecular weight is 472 g/mol. The van der Waals surface area contributed by atoms with E-state index >= 15 is 0 Å². The molecule has 0 aromatic rings. The van der Waals surface area contributed by atoms with Crippen LogP contribution in [0.4, 0.5) is 0 Å². The molecular weight excluding hydrogens is 430 g/mol. The number of hydrogen-bond donors (Lipinski definition) is 0. The van der Waals surface area contributed by atoms with Crippen LogP contribution in [0.1, 0.15) is 86.5 Å². The van der Waals surface area contributed by atoms with Gasteiger partial charge in [0.25, 0.3) is 0 Å². The molecule has 188 valence electrons. The molecule has 6 heteroatoms. The fraction of sp³-hybridized carbons (Fsp3) is 0.857. The third-order valence-corrected chi connectivity index (χ3v) is 10.9. The Labute approximate surface area is 203 Å². The van der Waals surface area contributed by atoms with Gasteiger partial charge >= 0.3 is 5.97 Å². The van der Waals surface area contributed by atoms with E-state index in [1.54, 1.807) is 6.92 Å². The molecule has 0 radical (unpaired) electrons. The summed E-state index contributed by atoms with van der Waals surface area (Å²) < 4.78 is 12.0. The summed E-state index contributed by atoms with van der Waals surface area (Å²) in [5.41, 5.74) is 0.455. The SMILES string of the molecule is CC(=O)CCC(=O)C12OC1CC1C(CCC3(C)C(C(C)C4N=C(C)C(C)C(=O)O4)CCC13)C2C. The van der Waals surface area contributed by atoms with Gasteiger partial charge in [-0.1, -0.05) is 20.8 Å². The molecule has 4 fully saturated rings. The third kappa shape index (κ3) is 3.45. The Balaban J connectivity index is 1.32. The molecule has 0 bridgehead atoms. The van der Waals surface area contributed by atoms with Gasteiger partial charge in [-0.3, -0.25) is 14.6 Å². The van der Waals surface area contributed by atoms with Gasteiger partial charge in [0.1, 0.15) is 5.78 Å². The second-order valence-corrected chi connectivity index (χ2v) is 12.4. The number of hydrogen-bond acceptors (Lipinski definition) is 6. The first-order chi connectivity index (χ1) is 16.0. The number of epoxide rings is 1. The Hall–Kier alpha value is -1.56. The molecule has 0 aromatic carbocycles. The maximum atomic E-state index is 13.1. The molecule has 11 unspecified atom stereocenters. The quantitative estimate of drug-likeness (QED) is 0.411. The van der Waals surface area contributed by atoms with Crippen LogP contribution in [-0.2, 0) is 23.9 Å². The standard InChI is InChI=1S/C28H41NO5/c1-14(30)7-10-23(31)28-17(4)19-11-12-27(6)21(8-9-22(27)20(19)13-24(28)34-28)16(3)25-29-18(5)15(2)26(32)33-25/h15-17,19-22,24-25H,7-13H2,1-6H3. The van der Waals surface area contributed by atoms with Crippen LogP contribution in [0.25, 0.3) is 0 Å². The van der Waals surface area contributed by atoms with Gasteiger partial charge in [0.15, 0.2) is 17.6 Å². The number of Topliss-reactive ketones (excluding diaryl/α,β-unsaturated/α-hetero) is 2. The predicted molar refractivity (Wildman–Crippen MR) is 128 cm³/mol. The van der Waals surface area contributed by atoms with Crippen molar-refractivity contribution in [3.05, 3.63) is 0 Å². The van der Waals surface area contributed by atoms with E-state index in [2.05, 4.69) is 20.8 Å². The van der Waals surface area contributed by atoms with Crippen molar-refractivity contribution in [1.29, 1.82) is 0 Å². The van der Waals surface area contributed by atoms with E-state index in [0.717, 1.165) is 31.4 Å². The largest absolute Gasteiger partial charge is 0.439 e. The molecule has 0 spiro atoms. The summed E-state index contributed by atoms with van der Waals surface area (Å²) in [6.07, 6.45) is 5.85. The summed E-state index contributed by atoms with van der Waals surface area (Å²) in [6, 6.07) is 0.